The fourth-order valence-corrected chi connectivity index (χ4v) is 7.77. The Morgan fingerprint density at radius 1 is 0.962 bits per heavy atom. The van der Waals surface area contributed by atoms with Gasteiger partial charge < -0.3 is 19.7 Å². The molecule has 26 heavy (non-hydrogen) atoms. The summed E-state index contributed by atoms with van der Waals surface area (Å²) in [5.41, 5.74) is -1.71. The van der Waals surface area contributed by atoms with Gasteiger partial charge in [-0.25, -0.2) is 0 Å². The van der Waals surface area contributed by atoms with E-state index in [1.54, 1.807) is 0 Å². The second-order valence-electron chi connectivity index (χ2n) is 9.96. The largest absolute Gasteiger partial charge is 0.393 e. The van der Waals surface area contributed by atoms with Crippen molar-refractivity contribution in [3.63, 3.8) is 0 Å². The third kappa shape index (κ3) is 2.00. The van der Waals surface area contributed by atoms with Crippen LogP contribution >= 0.6 is 0 Å². The SMILES string of the molecule is C[C@]12CCC3C(CC[C@@]4(C#N)CC5(CC[C@]34O)OCCO5)C1CC[C@@H]2O. The normalized spacial score (nSPS) is 55.0. The van der Waals surface area contributed by atoms with Crippen LogP contribution in [0.4, 0.5) is 0 Å². The van der Waals surface area contributed by atoms with Gasteiger partial charge in [0, 0.05) is 12.8 Å². The third-order valence-electron chi connectivity index (χ3n) is 9.22. The minimum atomic E-state index is -0.944. The molecule has 0 aromatic carbocycles. The van der Waals surface area contributed by atoms with Gasteiger partial charge in [0.15, 0.2) is 5.79 Å². The van der Waals surface area contributed by atoms with Gasteiger partial charge in [-0.1, -0.05) is 6.92 Å². The van der Waals surface area contributed by atoms with Crippen LogP contribution in [0.25, 0.3) is 0 Å². The van der Waals surface area contributed by atoms with Crippen LogP contribution in [-0.4, -0.2) is 40.9 Å². The summed E-state index contributed by atoms with van der Waals surface area (Å²) in [5.74, 6) is 0.420. The molecule has 5 heteroatoms. The van der Waals surface area contributed by atoms with Gasteiger partial charge in [0.2, 0.25) is 0 Å². The van der Waals surface area contributed by atoms with Crippen molar-refractivity contribution in [3.05, 3.63) is 0 Å². The molecule has 5 fully saturated rings. The maximum absolute atomic E-state index is 12.0. The first-order valence-corrected chi connectivity index (χ1v) is 10.5. The Morgan fingerprint density at radius 2 is 1.73 bits per heavy atom. The van der Waals surface area contributed by atoms with E-state index < -0.39 is 16.8 Å². The molecule has 4 aliphatic carbocycles. The standard InChI is InChI=1S/C21H31NO4/c1-18-6-5-16-14(15(18)2-3-17(18)23)4-7-19(13-22)12-20(25-10-11-26-20)8-9-21(16,19)24/h14-17,23-24H,2-12H2,1H3/t14?,15?,16?,17-,18-,19-,21-/m0/s1. The van der Waals surface area contributed by atoms with Gasteiger partial charge >= 0.3 is 0 Å². The summed E-state index contributed by atoms with van der Waals surface area (Å²) in [5, 5.41) is 32.7. The molecule has 5 aliphatic rings. The van der Waals surface area contributed by atoms with Gasteiger partial charge in [0.25, 0.3) is 0 Å². The van der Waals surface area contributed by atoms with E-state index >= 15 is 0 Å². The van der Waals surface area contributed by atoms with Crippen LogP contribution in [-0.2, 0) is 9.47 Å². The average Bonchev–Trinajstić information content (AvgIpc) is 3.21. The highest BCUT2D eigenvalue weighted by Gasteiger charge is 2.69. The first kappa shape index (κ1) is 17.4. The lowest BCUT2D eigenvalue weighted by Gasteiger charge is -2.63. The molecule has 4 saturated carbocycles. The Hall–Kier alpha value is -0.670. The van der Waals surface area contributed by atoms with E-state index in [0.29, 0.717) is 44.3 Å². The molecule has 0 bridgehead atoms. The Kier molecular flexibility index (Phi) is 3.65. The van der Waals surface area contributed by atoms with Crippen LogP contribution in [0.15, 0.2) is 0 Å². The number of nitriles is 1. The molecule has 1 spiro atoms. The lowest BCUT2D eigenvalue weighted by molar-refractivity contribution is -0.275. The Balaban J connectivity index is 1.49. The van der Waals surface area contributed by atoms with E-state index in [4.69, 9.17) is 9.47 Å². The molecular weight excluding hydrogens is 330 g/mol. The van der Waals surface area contributed by atoms with Crippen LogP contribution in [0.2, 0.25) is 0 Å². The van der Waals surface area contributed by atoms with Crippen molar-refractivity contribution >= 4 is 0 Å². The zero-order valence-corrected chi connectivity index (χ0v) is 15.7. The molecule has 7 atom stereocenters. The molecule has 1 saturated heterocycles. The van der Waals surface area contributed by atoms with Crippen LogP contribution < -0.4 is 0 Å². The Morgan fingerprint density at radius 3 is 2.46 bits per heavy atom. The van der Waals surface area contributed by atoms with E-state index in [-0.39, 0.29) is 17.4 Å². The van der Waals surface area contributed by atoms with Crippen molar-refractivity contribution in [1.29, 1.82) is 5.26 Å². The lowest BCUT2D eigenvalue weighted by atomic mass is 9.44. The van der Waals surface area contributed by atoms with Crippen LogP contribution in [0.1, 0.15) is 64.7 Å². The monoisotopic (exact) mass is 361 g/mol. The fraction of sp³-hybridized carbons (Fsp3) is 0.952. The Bertz CT molecular complexity index is 640. The average molecular weight is 361 g/mol. The van der Waals surface area contributed by atoms with Gasteiger partial charge in [0.1, 0.15) is 0 Å². The molecule has 2 N–H and O–H groups in total. The highest BCUT2D eigenvalue weighted by molar-refractivity contribution is 5.23. The van der Waals surface area contributed by atoms with Gasteiger partial charge in [-0.05, 0) is 68.1 Å². The molecular formula is C21H31NO4. The smallest absolute Gasteiger partial charge is 0.170 e. The van der Waals surface area contributed by atoms with Crippen molar-refractivity contribution in [1.82, 2.24) is 0 Å². The van der Waals surface area contributed by atoms with E-state index in [1.165, 1.54) is 0 Å². The summed E-state index contributed by atoms with van der Waals surface area (Å²) in [6.07, 6.45) is 7.09. The highest BCUT2D eigenvalue weighted by Crippen LogP contribution is 2.67. The van der Waals surface area contributed by atoms with Crippen LogP contribution in [0, 0.1) is 39.9 Å². The quantitative estimate of drug-likeness (QED) is 0.693. The van der Waals surface area contributed by atoms with Gasteiger partial charge in [0.05, 0.1) is 36.4 Å². The maximum atomic E-state index is 12.0. The Labute approximate surface area is 155 Å². The predicted octanol–water partition coefficient (Wildman–Crippen LogP) is 2.75. The van der Waals surface area contributed by atoms with E-state index in [1.807, 2.05) is 0 Å². The molecule has 5 rings (SSSR count). The minimum Gasteiger partial charge on any atom is -0.393 e. The van der Waals surface area contributed by atoms with Crippen LogP contribution in [0.3, 0.4) is 0 Å². The summed E-state index contributed by atoms with van der Waals surface area (Å²) >= 11 is 0. The summed E-state index contributed by atoms with van der Waals surface area (Å²) in [4.78, 5) is 0. The first-order valence-electron chi connectivity index (χ1n) is 10.5. The zero-order valence-electron chi connectivity index (χ0n) is 15.7. The summed E-state index contributed by atoms with van der Waals surface area (Å²) in [6.45, 7) is 3.42. The van der Waals surface area contributed by atoms with E-state index in [9.17, 15) is 15.5 Å². The van der Waals surface area contributed by atoms with Crippen molar-refractivity contribution in [2.45, 2.75) is 82.2 Å². The van der Waals surface area contributed by atoms with Crippen molar-refractivity contribution in [3.8, 4) is 6.07 Å². The van der Waals surface area contributed by atoms with Crippen molar-refractivity contribution < 1.29 is 19.7 Å². The topological polar surface area (TPSA) is 82.7 Å². The minimum absolute atomic E-state index is 0.00225. The second kappa shape index (κ2) is 5.44. The molecule has 5 nitrogen and oxygen atoms in total. The van der Waals surface area contributed by atoms with Gasteiger partial charge in [-0.2, -0.15) is 5.26 Å². The van der Waals surface area contributed by atoms with Crippen LogP contribution in [0.5, 0.6) is 0 Å². The van der Waals surface area contributed by atoms with Crippen molar-refractivity contribution in [2.24, 2.45) is 28.6 Å². The number of fused-ring (bicyclic) bond motifs is 5. The molecule has 0 aromatic heterocycles. The summed E-state index contributed by atoms with van der Waals surface area (Å²) < 4.78 is 11.8. The lowest BCUT2D eigenvalue weighted by Crippen LogP contribution is -2.66. The molecule has 0 amide bonds. The number of aliphatic hydroxyl groups excluding tert-OH is 1. The molecule has 0 radical (unpaired) electrons. The van der Waals surface area contributed by atoms with Gasteiger partial charge in [-0.3, -0.25) is 0 Å². The number of rotatable bonds is 0. The van der Waals surface area contributed by atoms with Crippen molar-refractivity contribution in [2.75, 3.05) is 13.2 Å². The molecule has 3 unspecified atom stereocenters. The number of hydrogen-bond donors (Lipinski definition) is 2. The van der Waals surface area contributed by atoms with E-state index in [2.05, 4.69) is 13.0 Å². The zero-order chi connectivity index (χ0) is 18.2. The second-order valence-corrected chi connectivity index (χ2v) is 9.96. The van der Waals surface area contributed by atoms with E-state index in [0.717, 1.165) is 38.5 Å². The number of ether oxygens (including phenoxy) is 2. The summed E-state index contributed by atoms with van der Waals surface area (Å²) in [6, 6.07) is 2.56. The summed E-state index contributed by atoms with van der Waals surface area (Å²) in [7, 11) is 0. The maximum Gasteiger partial charge on any atom is 0.170 e. The third-order valence-corrected chi connectivity index (χ3v) is 9.22. The molecule has 0 aromatic rings. The highest BCUT2D eigenvalue weighted by atomic mass is 16.7. The fourth-order valence-electron chi connectivity index (χ4n) is 7.77. The van der Waals surface area contributed by atoms with Gasteiger partial charge in [-0.15, -0.1) is 0 Å². The number of nitrogens with zero attached hydrogens (tertiary/aromatic N) is 1. The molecule has 1 heterocycles. The first-order chi connectivity index (χ1) is 12.4. The molecule has 1 aliphatic heterocycles. The molecule has 144 valence electrons. The predicted molar refractivity (Wildman–Crippen MR) is 93.8 cm³/mol. The number of aliphatic hydroxyl groups is 2. The number of hydrogen-bond acceptors (Lipinski definition) is 5.